The normalized spacial score (nSPS) is 18.5. The number of hydrogen-bond acceptors (Lipinski definition) is 6. The van der Waals surface area contributed by atoms with Crippen LogP contribution < -0.4 is 15.5 Å². The number of nitrogens with one attached hydrogen (secondary N) is 2. The van der Waals surface area contributed by atoms with Gasteiger partial charge in [0.1, 0.15) is 10.8 Å². The van der Waals surface area contributed by atoms with E-state index in [2.05, 4.69) is 25.7 Å². The summed E-state index contributed by atoms with van der Waals surface area (Å²) in [5, 5.41) is 15.0. The lowest BCUT2D eigenvalue weighted by Crippen LogP contribution is -2.44. The van der Waals surface area contributed by atoms with E-state index in [-0.39, 0.29) is 28.5 Å². The van der Waals surface area contributed by atoms with E-state index in [0.717, 1.165) is 44.1 Å². The van der Waals surface area contributed by atoms with Crippen LogP contribution in [0.15, 0.2) is 35.4 Å². The number of carbonyl (C=O) groups is 2. The highest BCUT2D eigenvalue weighted by Gasteiger charge is 2.30. The van der Waals surface area contributed by atoms with Crippen molar-refractivity contribution in [3.05, 3.63) is 41.2 Å². The molecule has 2 fully saturated rings. The zero-order valence-corrected chi connectivity index (χ0v) is 18.4. The number of halogens is 2. The first-order valence-electron chi connectivity index (χ1n) is 10.2. The molecular formula is C21H23ClFN5O2S. The maximum atomic E-state index is 13.1. The zero-order chi connectivity index (χ0) is 21.8. The van der Waals surface area contributed by atoms with Crippen molar-refractivity contribution in [2.75, 3.05) is 29.1 Å². The predicted molar refractivity (Wildman–Crippen MR) is 119 cm³/mol. The lowest BCUT2D eigenvalue weighted by atomic mass is 9.97. The molecule has 0 unspecified atom stereocenters. The van der Waals surface area contributed by atoms with Crippen molar-refractivity contribution < 1.29 is 14.0 Å². The second-order valence-electron chi connectivity index (χ2n) is 7.76. The topological polar surface area (TPSA) is 87.2 Å². The van der Waals surface area contributed by atoms with E-state index in [4.69, 9.17) is 11.6 Å². The molecule has 1 aliphatic carbocycles. The first-order chi connectivity index (χ1) is 15.0. The number of rotatable bonds is 7. The monoisotopic (exact) mass is 463 g/mol. The summed E-state index contributed by atoms with van der Waals surface area (Å²) in [5.74, 6) is 0.235. The Labute approximate surface area is 189 Å². The lowest BCUT2D eigenvalue weighted by Gasteiger charge is -2.32. The second-order valence-corrected chi connectivity index (χ2v) is 9.16. The maximum Gasteiger partial charge on any atom is 0.234 e. The molecule has 1 aromatic carbocycles. The van der Waals surface area contributed by atoms with Gasteiger partial charge >= 0.3 is 0 Å². The molecule has 1 saturated carbocycles. The number of aromatic nitrogens is 2. The van der Waals surface area contributed by atoms with Gasteiger partial charge in [-0.05, 0) is 56.0 Å². The van der Waals surface area contributed by atoms with Gasteiger partial charge in [0, 0.05) is 19.1 Å². The Balaban J connectivity index is 1.27. The summed E-state index contributed by atoms with van der Waals surface area (Å²) in [6.45, 7) is 1.48. The molecule has 1 aliphatic heterocycles. The first kappa shape index (κ1) is 21.8. The Morgan fingerprint density at radius 3 is 2.74 bits per heavy atom. The SMILES string of the molecule is O=C(CSc1ccc(N2CCC[C@H](C(=O)NC3CC3)C2)nn1)Nc1ccc(F)cc1Cl. The van der Waals surface area contributed by atoms with Crippen molar-refractivity contribution in [1.29, 1.82) is 0 Å². The summed E-state index contributed by atoms with van der Waals surface area (Å²) in [7, 11) is 0. The number of amides is 2. The minimum Gasteiger partial charge on any atom is -0.354 e. The van der Waals surface area contributed by atoms with Crippen LogP contribution in [0.3, 0.4) is 0 Å². The molecule has 0 spiro atoms. The van der Waals surface area contributed by atoms with E-state index < -0.39 is 5.82 Å². The van der Waals surface area contributed by atoms with Crippen molar-refractivity contribution in [3.8, 4) is 0 Å². The van der Waals surface area contributed by atoms with Gasteiger partial charge in [-0.15, -0.1) is 10.2 Å². The molecule has 7 nitrogen and oxygen atoms in total. The van der Waals surface area contributed by atoms with Crippen LogP contribution in [0, 0.1) is 11.7 Å². The van der Waals surface area contributed by atoms with Crippen LogP contribution in [0.1, 0.15) is 25.7 Å². The number of anilines is 2. The number of hydrogen-bond donors (Lipinski definition) is 2. The number of thioether (sulfide) groups is 1. The van der Waals surface area contributed by atoms with E-state index in [1.165, 1.54) is 23.9 Å². The molecule has 0 radical (unpaired) electrons. The van der Waals surface area contributed by atoms with Gasteiger partial charge in [0.05, 0.1) is 22.4 Å². The van der Waals surface area contributed by atoms with Crippen LogP contribution in [0.5, 0.6) is 0 Å². The summed E-state index contributed by atoms with van der Waals surface area (Å²) in [6, 6.07) is 7.86. The molecule has 10 heteroatoms. The fraction of sp³-hybridized carbons (Fsp3) is 0.429. The fourth-order valence-corrected chi connectivity index (χ4v) is 4.25. The molecule has 4 rings (SSSR count). The second kappa shape index (κ2) is 9.82. The zero-order valence-electron chi connectivity index (χ0n) is 16.8. The highest BCUT2D eigenvalue weighted by Crippen LogP contribution is 2.26. The average Bonchev–Trinajstić information content (AvgIpc) is 3.59. The van der Waals surface area contributed by atoms with E-state index in [0.29, 0.717) is 23.3 Å². The molecule has 164 valence electrons. The van der Waals surface area contributed by atoms with Gasteiger partial charge in [-0.3, -0.25) is 9.59 Å². The number of nitrogens with zero attached hydrogens (tertiary/aromatic N) is 3. The summed E-state index contributed by atoms with van der Waals surface area (Å²) in [5.41, 5.74) is 0.362. The van der Waals surface area contributed by atoms with Gasteiger partial charge in [0.2, 0.25) is 11.8 Å². The third-order valence-corrected chi connectivity index (χ3v) is 6.46. The van der Waals surface area contributed by atoms with Crippen LogP contribution in [-0.4, -0.2) is 46.9 Å². The van der Waals surface area contributed by atoms with Gasteiger partial charge in [0.15, 0.2) is 5.82 Å². The number of benzene rings is 1. The van der Waals surface area contributed by atoms with E-state index in [9.17, 15) is 14.0 Å². The molecule has 0 bridgehead atoms. The smallest absolute Gasteiger partial charge is 0.234 e. The van der Waals surface area contributed by atoms with E-state index in [1.54, 1.807) is 0 Å². The van der Waals surface area contributed by atoms with Gasteiger partial charge < -0.3 is 15.5 Å². The van der Waals surface area contributed by atoms with Crippen molar-refractivity contribution >= 4 is 46.7 Å². The molecule has 2 N–H and O–H groups in total. The fourth-order valence-electron chi connectivity index (χ4n) is 3.42. The standard InChI is InChI=1S/C21H23ClFN5O2S/c22-16-10-14(23)3-6-17(16)25-19(29)12-31-20-8-7-18(26-27-20)28-9-1-2-13(11-28)21(30)24-15-4-5-15/h3,6-8,10,13,15H,1-2,4-5,9,11-12H2,(H,24,30)(H,25,29)/t13-/m0/s1. The van der Waals surface area contributed by atoms with E-state index in [1.807, 2.05) is 12.1 Å². The van der Waals surface area contributed by atoms with Gasteiger partial charge in [0.25, 0.3) is 0 Å². The first-order valence-corrected chi connectivity index (χ1v) is 11.6. The highest BCUT2D eigenvalue weighted by atomic mass is 35.5. The molecule has 1 atom stereocenters. The Kier molecular flexibility index (Phi) is 6.92. The maximum absolute atomic E-state index is 13.1. The minimum atomic E-state index is -0.462. The Hall–Kier alpha value is -2.39. The number of carbonyl (C=O) groups excluding carboxylic acids is 2. The molecular weight excluding hydrogens is 441 g/mol. The molecule has 2 aromatic rings. The summed E-state index contributed by atoms with van der Waals surface area (Å²) in [6.07, 6.45) is 4.00. The summed E-state index contributed by atoms with van der Waals surface area (Å²) < 4.78 is 13.1. The number of piperidine rings is 1. The van der Waals surface area contributed by atoms with Crippen LogP contribution in [0.2, 0.25) is 5.02 Å². The molecule has 1 saturated heterocycles. The Morgan fingerprint density at radius 2 is 2.03 bits per heavy atom. The van der Waals surface area contributed by atoms with E-state index >= 15 is 0 Å². The molecule has 2 heterocycles. The quantitative estimate of drug-likeness (QED) is 0.611. The third-order valence-electron chi connectivity index (χ3n) is 5.22. The van der Waals surface area contributed by atoms with Crippen LogP contribution >= 0.6 is 23.4 Å². The average molecular weight is 464 g/mol. The van der Waals surface area contributed by atoms with Gasteiger partial charge in [-0.25, -0.2) is 4.39 Å². The Bertz CT molecular complexity index is 957. The molecule has 31 heavy (non-hydrogen) atoms. The summed E-state index contributed by atoms with van der Waals surface area (Å²) >= 11 is 7.17. The van der Waals surface area contributed by atoms with Gasteiger partial charge in [-0.1, -0.05) is 23.4 Å². The van der Waals surface area contributed by atoms with Crippen molar-refractivity contribution in [1.82, 2.24) is 15.5 Å². The lowest BCUT2D eigenvalue weighted by molar-refractivity contribution is -0.125. The predicted octanol–water partition coefficient (Wildman–Crippen LogP) is 3.49. The van der Waals surface area contributed by atoms with Crippen LogP contribution in [-0.2, 0) is 9.59 Å². The summed E-state index contributed by atoms with van der Waals surface area (Å²) in [4.78, 5) is 26.6. The molecule has 2 aliphatic rings. The molecule has 2 amide bonds. The minimum absolute atomic E-state index is 0.0211. The van der Waals surface area contributed by atoms with Gasteiger partial charge in [-0.2, -0.15) is 0 Å². The largest absolute Gasteiger partial charge is 0.354 e. The van der Waals surface area contributed by atoms with Crippen LogP contribution in [0.25, 0.3) is 0 Å². The van der Waals surface area contributed by atoms with Crippen LogP contribution in [0.4, 0.5) is 15.9 Å². The Morgan fingerprint density at radius 1 is 1.19 bits per heavy atom. The molecule has 1 aromatic heterocycles. The van der Waals surface area contributed by atoms with Crippen molar-refractivity contribution in [2.24, 2.45) is 5.92 Å². The third kappa shape index (κ3) is 6.07. The van der Waals surface area contributed by atoms with Crippen molar-refractivity contribution in [2.45, 2.75) is 36.8 Å². The van der Waals surface area contributed by atoms with Crippen molar-refractivity contribution in [3.63, 3.8) is 0 Å². The highest BCUT2D eigenvalue weighted by molar-refractivity contribution is 7.99.